The van der Waals surface area contributed by atoms with Crippen molar-refractivity contribution in [2.45, 2.75) is 58.3 Å². The molecule has 0 atom stereocenters. The lowest BCUT2D eigenvalue weighted by molar-refractivity contribution is -0.108. The van der Waals surface area contributed by atoms with Gasteiger partial charge in [0.1, 0.15) is 6.29 Å². The first-order chi connectivity index (χ1) is 7.77. The summed E-state index contributed by atoms with van der Waals surface area (Å²) >= 11 is 0. The lowest BCUT2D eigenvalue weighted by Gasteiger charge is -2.26. The second-order valence-corrected chi connectivity index (χ2v) is 6.42. The lowest BCUT2D eigenvalue weighted by Crippen LogP contribution is -2.18. The average Bonchev–Trinajstić information content (AvgIpc) is 2.25. The van der Waals surface area contributed by atoms with Crippen molar-refractivity contribution in [2.75, 3.05) is 0 Å². The molecule has 0 aromatic heterocycles. The minimum absolute atomic E-state index is 0.0807. The molecule has 0 saturated heterocycles. The molecule has 1 rings (SSSR count). The van der Waals surface area contributed by atoms with Crippen molar-refractivity contribution in [1.29, 1.82) is 0 Å². The summed E-state index contributed by atoms with van der Waals surface area (Å²) < 4.78 is 0. The molecule has 0 aliphatic heterocycles. The molecule has 0 spiro atoms. The van der Waals surface area contributed by atoms with E-state index in [2.05, 4.69) is 58.9 Å². The van der Waals surface area contributed by atoms with Crippen LogP contribution in [-0.2, 0) is 15.6 Å². The van der Waals surface area contributed by atoms with E-state index in [-0.39, 0.29) is 10.8 Å². The Hall–Kier alpha value is -1.11. The normalized spacial score (nSPS) is 12.5. The second kappa shape index (κ2) is 5.03. The Kier molecular flexibility index (Phi) is 4.13. The molecule has 0 aliphatic carbocycles. The van der Waals surface area contributed by atoms with Crippen LogP contribution in [0.3, 0.4) is 0 Å². The van der Waals surface area contributed by atoms with E-state index in [1.807, 2.05) is 0 Å². The van der Waals surface area contributed by atoms with E-state index in [9.17, 15) is 4.79 Å². The summed E-state index contributed by atoms with van der Waals surface area (Å²) in [6.45, 7) is 11.1. The number of hydrogen-bond acceptors (Lipinski definition) is 1. The molecule has 0 fully saturated rings. The van der Waals surface area contributed by atoms with Crippen LogP contribution in [0.25, 0.3) is 0 Å². The van der Waals surface area contributed by atoms with E-state index in [0.29, 0.717) is 6.42 Å². The third-order valence-electron chi connectivity index (χ3n) is 3.42. The van der Waals surface area contributed by atoms with Gasteiger partial charge in [-0.1, -0.05) is 58.9 Å². The van der Waals surface area contributed by atoms with E-state index < -0.39 is 0 Å². The van der Waals surface area contributed by atoms with Gasteiger partial charge < -0.3 is 4.79 Å². The molecule has 1 nitrogen and oxygen atoms in total. The first-order valence-corrected chi connectivity index (χ1v) is 6.32. The molecule has 0 heterocycles. The highest BCUT2D eigenvalue weighted by molar-refractivity contribution is 5.49. The van der Waals surface area contributed by atoms with Crippen LogP contribution < -0.4 is 0 Å². The molecule has 0 N–H and O–H groups in total. The smallest absolute Gasteiger partial charge is 0.120 e. The van der Waals surface area contributed by atoms with Crippen LogP contribution in [0.1, 0.15) is 58.6 Å². The van der Waals surface area contributed by atoms with Crippen LogP contribution in [0.15, 0.2) is 24.3 Å². The minimum atomic E-state index is 0.0807. The summed E-state index contributed by atoms with van der Waals surface area (Å²) in [5, 5.41) is 0. The largest absolute Gasteiger partial charge is 0.303 e. The molecule has 0 bridgehead atoms. The monoisotopic (exact) mass is 232 g/mol. The van der Waals surface area contributed by atoms with Gasteiger partial charge in [0.05, 0.1) is 0 Å². The molecular formula is C16H24O. The SMILES string of the molecule is CC(C)(C)c1ccc(C(C)(C)CCC=O)cc1. The van der Waals surface area contributed by atoms with Gasteiger partial charge in [0, 0.05) is 6.42 Å². The van der Waals surface area contributed by atoms with Crippen molar-refractivity contribution >= 4 is 6.29 Å². The molecule has 0 radical (unpaired) electrons. The van der Waals surface area contributed by atoms with Crippen molar-refractivity contribution < 1.29 is 4.79 Å². The molecule has 1 aromatic rings. The molecule has 0 saturated carbocycles. The lowest BCUT2D eigenvalue weighted by atomic mass is 9.78. The fourth-order valence-electron chi connectivity index (χ4n) is 1.99. The molecule has 17 heavy (non-hydrogen) atoms. The Morgan fingerprint density at radius 1 is 0.941 bits per heavy atom. The third-order valence-corrected chi connectivity index (χ3v) is 3.42. The zero-order valence-electron chi connectivity index (χ0n) is 11.7. The average molecular weight is 232 g/mol. The van der Waals surface area contributed by atoms with Gasteiger partial charge in [0.25, 0.3) is 0 Å². The Balaban J connectivity index is 2.90. The number of benzene rings is 1. The molecule has 1 aromatic carbocycles. The van der Waals surface area contributed by atoms with Crippen molar-refractivity contribution in [2.24, 2.45) is 0 Å². The van der Waals surface area contributed by atoms with Gasteiger partial charge in [-0.2, -0.15) is 0 Å². The Bertz CT molecular complexity index is 366. The van der Waals surface area contributed by atoms with Crippen molar-refractivity contribution in [3.05, 3.63) is 35.4 Å². The zero-order chi connectivity index (χ0) is 13.1. The molecule has 94 valence electrons. The summed E-state index contributed by atoms with van der Waals surface area (Å²) in [4.78, 5) is 10.5. The van der Waals surface area contributed by atoms with E-state index in [1.54, 1.807) is 0 Å². The van der Waals surface area contributed by atoms with E-state index in [0.717, 1.165) is 12.7 Å². The maximum Gasteiger partial charge on any atom is 0.120 e. The molecule has 0 amide bonds. The highest BCUT2D eigenvalue weighted by Crippen LogP contribution is 2.30. The van der Waals surface area contributed by atoms with Gasteiger partial charge in [-0.25, -0.2) is 0 Å². The van der Waals surface area contributed by atoms with Gasteiger partial charge >= 0.3 is 0 Å². The van der Waals surface area contributed by atoms with Crippen LogP contribution in [0.2, 0.25) is 0 Å². The second-order valence-electron chi connectivity index (χ2n) is 6.42. The summed E-state index contributed by atoms with van der Waals surface area (Å²) in [6, 6.07) is 8.81. The molecule has 0 aliphatic rings. The maximum absolute atomic E-state index is 10.5. The quantitative estimate of drug-likeness (QED) is 0.710. The highest BCUT2D eigenvalue weighted by atomic mass is 16.1. The van der Waals surface area contributed by atoms with Crippen LogP contribution >= 0.6 is 0 Å². The number of carbonyl (C=O) groups excluding carboxylic acids is 1. The van der Waals surface area contributed by atoms with Crippen LogP contribution in [0, 0.1) is 0 Å². The Morgan fingerprint density at radius 2 is 1.41 bits per heavy atom. The third kappa shape index (κ3) is 3.69. The number of carbonyl (C=O) groups is 1. The first-order valence-electron chi connectivity index (χ1n) is 6.32. The first kappa shape index (κ1) is 14.0. The number of hydrogen-bond donors (Lipinski definition) is 0. The summed E-state index contributed by atoms with van der Waals surface area (Å²) in [7, 11) is 0. The summed E-state index contributed by atoms with van der Waals surface area (Å²) in [6.07, 6.45) is 2.55. The summed E-state index contributed by atoms with van der Waals surface area (Å²) in [5.41, 5.74) is 2.95. The van der Waals surface area contributed by atoms with Crippen LogP contribution in [0.4, 0.5) is 0 Å². The Labute approximate surface area is 105 Å². The van der Waals surface area contributed by atoms with E-state index in [4.69, 9.17) is 0 Å². The topological polar surface area (TPSA) is 17.1 Å². The van der Waals surface area contributed by atoms with Gasteiger partial charge in [-0.05, 0) is 28.4 Å². The van der Waals surface area contributed by atoms with Crippen molar-refractivity contribution in [1.82, 2.24) is 0 Å². The van der Waals surface area contributed by atoms with Gasteiger partial charge in [0.2, 0.25) is 0 Å². The van der Waals surface area contributed by atoms with Gasteiger partial charge in [0.15, 0.2) is 0 Å². The van der Waals surface area contributed by atoms with Gasteiger partial charge in [-0.15, -0.1) is 0 Å². The van der Waals surface area contributed by atoms with Crippen molar-refractivity contribution in [3.8, 4) is 0 Å². The highest BCUT2D eigenvalue weighted by Gasteiger charge is 2.21. The fourth-order valence-corrected chi connectivity index (χ4v) is 1.99. The van der Waals surface area contributed by atoms with E-state index in [1.165, 1.54) is 11.1 Å². The molecular weight excluding hydrogens is 208 g/mol. The summed E-state index contributed by atoms with van der Waals surface area (Å²) in [5.74, 6) is 0. The van der Waals surface area contributed by atoms with Gasteiger partial charge in [-0.3, -0.25) is 0 Å². The fraction of sp³-hybridized carbons (Fsp3) is 0.562. The molecule has 0 unspecified atom stereocenters. The number of aldehydes is 1. The van der Waals surface area contributed by atoms with Crippen LogP contribution in [-0.4, -0.2) is 6.29 Å². The van der Waals surface area contributed by atoms with Crippen molar-refractivity contribution in [3.63, 3.8) is 0 Å². The molecule has 1 heteroatoms. The standard InChI is InChI=1S/C16H24O/c1-15(2,3)13-7-9-14(10-8-13)16(4,5)11-6-12-17/h7-10,12H,6,11H2,1-5H3. The predicted octanol–water partition coefficient (Wildman–Crippen LogP) is 4.24. The number of rotatable bonds is 4. The maximum atomic E-state index is 10.5. The van der Waals surface area contributed by atoms with Crippen LogP contribution in [0.5, 0.6) is 0 Å². The zero-order valence-corrected chi connectivity index (χ0v) is 11.7. The minimum Gasteiger partial charge on any atom is -0.303 e. The predicted molar refractivity (Wildman–Crippen MR) is 73.5 cm³/mol. The Morgan fingerprint density at radius 3 is 1.82 bits per heavy atom. The van der Waals surface area contributed by atoms with E-state index >= 15 is 0 Å².